The third kappa shape index (κ3) is 6.69. The third-order valence-corrected chi connectivity index (χ3v) is 9.63. The molecular formula is C28H34N4O6S2. The van der Waals surface area contributed by atoms with Crippen LogP contribution in [-0.4, -0.2) is 71.8 Å². The average Bonchev–Trinajstić information content (AvgIpc) is 3.43. The number of aromatic nitrogens is 1. The van der Waals surface area contributed by atoms with Gasteiger partial charge in [-0.15, -0.1) is 11.8 Å². The number of carbonyl (C=O) groups is 1. The number of anilines is 2. The molecule has 1 aromatic heterocycles. The lowest BCUT2D eigenvalue weighted by Crippen LogP contribution is -2.44. The zero-order valence-electron chi connectivity index (χ0n) is 22.9. The Balaban J connectivity index is 1.48. The third-order valence-electron chi connectivity index (χ3n) is 6.62. The molecule has 2 heterocycles. The lowest BCUT2D eigenvalue weighted by Gasteiger charge is -2.25. The Labute approximate surface area is 239 Å². The molecule has 0 saturated heterocycles. The van der Waals surface area contributed by atoms with Gasteiger partial charge in [0.05, 0.1) is 23.7 Å². The first-order valence-corrected chi connectivity index (χ1v) is 15.1. The molecule has 2 unspecified atom stereocenters. The van der Waals surface area contributed by atoms with Crippen molar-refractivity contribution in [2.45, 2.75) is 34.8 Å². The smallest absolute Gasteiger partial charge is 0.281 e. The molecule has 2 N–H and O–H groups in total. The maximum atomic E-state index is 13.3. The molecule has 10 nitrogen and oxygen atoms in total. The van der Waals surface area contributed by atoms with Gasteiger partial charge in [-0.1, -0.05) is 36.4 Å². The Kier molecular flexibility index (Phi) is 9.90. The van der Waals surface area contributed by atoms with Crippen LogP contribution in [-0.2, 0) is 36.5 Å². The molecule has 0 aliphatic carbocycles. The van der Waals surface area contributed by atoms with Crippen molar-refractivity contribution in [1.82, 2.24) is 10.3 Å². The fraction of sp³-hybridized carbons (Fsp3) is 0.357. The van der Waals surface area contributed by atoms with Crippen LogP contribution in [0, 0.1) is 0 Å². The second-order valence-electron chi connectivity index (χ2n) is 9.14. The van der Waals surface area contributed by atoms with Crippen LogP contribution < -0.4 is 19.7 Å². The van der Waals surface area contributed by atoms with Crippen LogP contribution in [0.5, 0.6) is 5.75 Å². The number of ether oxygens (including phenoxy) is 3. The lowest BCUT2D eigenvalue weighted by atomic mass is 10.1. The van der Waals surface area contributed by atoms with Gasteiger partial charge in [0.2, 0.25) is 5.91 Å². The van der Waals surface area contributed by atoms with Gasteiger partial charge in [-0.3, -0.25) is 9.10 Å². The van der Waals surface area contributed by atoms with Crippen molar-refractivity contribution >= 4 is 39.1 Å². The molecule has 3 aromatic rings. The molecule has 0 saturated carbocycles. The predicted molar refractivity (Wildman–Crippen MR) is 156 cm³/mol. The number of amides is 1. The topological polar surface area (TPSA) is 119 Å². The quantitative estimate of drug-likeness (QED) is 0.291. The van der Waals surface area contributed by atoms with Crippen molar-refractivity contribution in [1.29, 1.82) is 0 Å². The Morgan fingerprint density at radius 1 is 1.12 bits per heavy atom. The minimum atomic E-state index is -3.95. The Morgan fingerprint density at radius 2 is 1.85 bits per heavy atom. The number of fused-ring (bicyclic) bond motifs is 1. The maximum Gasteiger partial charge on any atom is 0.281 e. The summed E-state index contributed by atoms with van der Waals surface area (Å²) >= 11 is 1.63. The van der Waals surface area contributed by atoms with Crippen molar-refractivity contribution in [2.24, 2.45) is 0 Å². The summed E-state index contributed by atoms with van der Waals surface area (Å²) in [7, 11) is 2.17. The van der Waals surface area contributed by atoms with E-state index in [1.54, 1.807) is 44.2 Å². The van der Waals surface area contributed by atoms with Crippen LogP contribution in [0.15, 0.2) is 71.9 Å². The monoisotopic (exact) mass is 586 g/mol. The van der Waals surface area contributed by atoms with Gasteiger partial charge in [-0.2, -0.15) is 8.42 Å². The molecule has 12 heteroatoms. The summed E-state index contributed by atoms with van der Waals surface area (Å²) in [5.74, 6) is 1.01. The summed E-state index contributed by atoms with van der Waals surface area (Å²) in [6.07, 6.45) is 1.28. The van der Waals surface area contributed by atoms with Gasteiger partial charge in [-0.25, -0.2) is 4.98 Å². The SMILES string of the molecule is COc1cc2c(c(N(C)S(=O)(=O)c3ccccn3)c1)NC(C(=O)NCC(SCc1ccccc1)C(OC)OC)C2. The highest BCUT2D eigenvalue weighted by atomic mass is 32.2. The van der Waals surface area contributed by atoms with Crippen LogP contribution in [0.2, 0.25) is 0 Å². The first-order chi connectivity index (χ1) is 19.3. The van der Waals surface area contributed by atoms with Crippen LogP contribution in [0.1, 0.15) is 11.1 Å². The summed E-state index contributed by atoms with van der Waals surface area (Å²) in [4.78, 5) is 17.3. The number of hydrogen-bond acceptors (Lipinski definition) is 9. The van der Waals surface area contributed by atoms with Crippen molar-refractivity contribution < 1.29 is 27.4 Å². The van der Waals surface area contributed by atoms with E-state index in [2.05, 4.69) is 15.6 Å². The van der Waals surface area contributed by atoms with Crippen molar-refractivity contribution in [2.75, 3.05) is 44.5 Å². The van der Waals surface area contributed by atoms with E-state index < -0.39 is 22.4 Å². The molecule has 0 spiro atoms. The predicted octanol–water partition coefficient (Wildman–Crippen LogP) is 3.29. The van der Waals surface area contributed by atoms with Crippen molar-refractivity contribution in [3.05, 3.63) is 78.0 Å². The molecule has 4 rings (SSSR count). The summed E-state index contributed by atoms with van der Waals surface area (Å²) < 4.78 is 44.2. The molecular weight excluding hydrogens is 552 g/mol. The number of nitrogens with one attached hydrogen (secondary N) is 2. The van der Waals surface area contributed by atoms with Crippen LogP contribution >= 0.6 is 11.8 Å². The van der Waals surface area contributed by atoms with E-state index in [0.29, 0.717) is 30.1 Å². The number of sulfonamides is 1. The molecule has 1 amide bonds. The van der Waals surface area contributed by atoms with Gasteiger partial charge in [0.1, 0.15) is 11.8 Å². The highest BCUT2D eigenvalue weighted by Crippen LogP contribution is 2.40. The van der Waals surface area contributed by atoms with Crippen molar-refractivity contribution in [3.8, 4) is 5.75 Å². The highest BCUT2D eigenvalue weighted by molar-refractivity contribution is 7.99. The maximum absolute atomic E-state index is 13.3. The molecule has 0 bridgehead atoms. The summed E-state index contributed by atoms with van der Waals surface area (Å²) in [5, 5.41) is 6.02. The first kappa shape index (κ1) is 29.7. The van der Waals surface area contributed by atoms with Gasteiger partial charge in [0.15, 0.2) is 11.3 Å². The van der Waals surface area contributed by atoms with E-state index in [0.717, 1.165) is 21.2 Å². The number of pyridine rings is 1. The minimum Gasteiger partial charge on any atom is -0.497 e. The van der Waals surface area contributed by atoms with E-state index in [9.17, 15) is 13.2 Å². The Hall–Kier alpha value is -3.32. The molecule has 214 valence electrons. The second-order valence-corrected chi connectivity index (χ2v) is 12.3. The van der Waals surface area contributed by atoms with E-state index in [1.165, 1.54) is 26.4 Å². The Morgan fingerprint density at radius 3 is 2.50 bits per heavy atom. The van der Waals surface area contributed by atoms with Crippen LogP contribution in [0.4, 0.5) is 11.4 Å². The fourth-order valence-corrected chi connectivity index (χ4v) is 6.77. The second kappa shape index (κ2) is 13.4. The normalized spacial score (nSPS) is 15.3. The zero-order chi connectivity index (χ0) is 28.7. The van der Waals surface area contributed by atoms with Gasteiger partial charge in [0.25, 0.3) is 10.0 Å². The fourth-order valence-electron chi connectivity index (χ4n) is 4.46. The van der Waals surface area contributed by atoms with E-state index in [1.807, 2.05) is 36.4 Å². The summed E-state index contributed by atoms with van der Waals surface area (Å²) in [6.45, 7) is 0.321. The van der Waals surface area contributed by atoms with Gasteiger partial charge < -0.3 is 24.8 Å². The van der Waals surface area contributed by atoms with Gasteiger partial charge in [-0.05, 0) is 29.3 Å². The number of nitrogens with zero attached hydrogens (tertiary/aromatic N) is 2. The highest BCUT2D eigenvalue weighted by Gasteiger charge is 2.34. The van der Waals surface area contributed by atoms with Gasteiger partial charge >= 0.3 is 0 Å². The van der Waals surface area contributed by atoms with E-state index in [-0.39, 0.29) is 16.2 Å². The first-order valence-electron chi connectivity index (χ1n) is 12.6. The molecule has 0 fully saturated rings. The summed E-state index contributed by atoms with van der Waals surface area (Å²) in [6, 6.07) is 17.6. The van der Waals surface area contributed by atoms with E-state index >= 15 is 0 Å². The number of hydrogen-bond donors (Lipinski definition) is 2. The van der Waals surface area contributed by atoms with Crippen LogP contribution in [0.3, 0.4) is 0 Å². The summed E-state index contributed by atoms with van der Waals surface area (Å²) in [5.41, 5.74) is 2.86. The number of benzene rings is 2. The lowest BCUT2D eigenvalue weighted by molar-refractivity contribution is -0.123. The number of rotatable bonds is 13. The van der Waals surface area contributed by atoms with Crippen molar-refractivity contribution in [3.63, 3.8) is 0 Å². The van der Waals surface area contributed by atoms with Gasteiger partial charge in [0, 0.05) is 52.2 Å². The molecule has 2 aromatic carbocycles. The number of thioether (sulfide) groups is 1. The molecule has 40 heavy (non-hydrogen) atoms. The number of methoxy groups -OCH3 is 3. The van der Waals surface area contributed by atoms with E-state index in [4.69, 9.17) is 14.2 Å². The average molecular weight is 587 g/mol. The molecule has 1 aliphatic heterocycles. The standard InChI is InChI=1S/C28H34N4O6S2/c1-32(40(34,35)25-12-8-9-13-29-25)23-16-21(36-2)14-20-15-22(31-26(20)23)27(33)30-17-24(28(37-3)38-4)39-18-19-10-6-5-7-11-19/h5-14,16,22,24,28,31H,15,17-18H2,1-4H3,(H,30,33). The molecule has 2 atom stereocenters. The minimum absolute atomic E-state index is 0.0776. The van der Waals surface area contributed by atoms with Crippen LogP contribution in [0.25, 0.3) is 0 Å². The molecule has 1 aliphatic rings. The zero-order valence-corrected chi connectivity index (χ0v) is 24.5. The molecule has 0 radical (unpaired) electrons. The number of carbonyl (C=O) groups excluding carboxylic acids is 1. The Bertz CT molecular complexity index is 1390. The largest absolute Gasteiger partial charge is 0.497 e.